The van der Waals surface area contributed by atoms with Crippen molar-refractivity contribution in [1.82, 2.24) is 14.9 Å². The normalized spacial score (nSPS) is 27.7. The summed E-state index contributed by atoms with van der Waals surface area (Å²) < 4.78 is 12.8. The molecule has 0 radical (unpaired) electrons. The largest absolute Gasteiger partial charge is 0.338 e. The third kappa shape index (κ3) is 4.36. The molecule has 2 bridgehead atoms. The van der Waals surface area contributed by atoms with Crippen molar-refractivity contribution in [3.8, 4) is 0 Å². The second kappa shape index (κ2) is 8.71. The minimum atomic E-state index is -2.58. The smallest absolute Gasteiger partial charge is 0.229 e. The van der Waals surface area contributed by atoms with E-state index in [-0.39, 0.29) is 0 Å². The highest BCUT2D eigenvalue weighted by Gasteiger charge is 2.80. The molecule has 2 saturated heterocycles. The number of benzene rings is 2. The fourth-order valence-electron chi connectivity index (χ4n) is 6.70. The average Bonchev–Trinajstić information content (AvgIpc) is 3.70. The number of halogens is 2. The number of nitrogens with one attached hydrogen (secondary N) is 2. The lowest BCUT2D eigenvalue weighted by atomic mass is 10.0. The van der Waals surface area contributed by atoms with E-state index in [9.17, 15) is 4.57 Å². The number of aryl methyl sites for hydroxylation is 2. The molecule has 2 saturated carbocycles. The number of piperidine rings is 1. The van der Waals surface area contributed by atoms with Crippen LogP contribution in [0.25, 0.3) is 0 Å². The van der Waals surface area contributed by atoms with E-state index < -0.39 is 7.14 Å². The van der Waals surface area contributed by atoms with Gasteiger partial charge < -0.3 is 15.2 Å². The molecule has 1 aromatic heterocycles. The van der Waals surface area contributed by atoms with Crippen LogP contribution in [0.5, 0.6) is 0 Å². The second-order valence-corrected chi connectivity index (χ2v) is 15.4. The van der Waals surface area contributed by atoms with Gasteiger partial charge >= 0.3 is 0 Å². The average molecular weight is 554 g/mol. The van der Waals surface area contributed by atoms with Crippen molar-refractivity contribution >= 4 is 58.8 Å². The molecule has 0 amide bonds. The summed E-state index contributed by atoms with van der Waals surface area (Å²) in [5, 5.41) is 8.17. The van der Waals surface area contributed by atoms with Gasteiger partial charge in [-0.2, -0.15) is 4.98 Å². The van der Waals surface area contributed by atoms with E-state index in [0.29, 0.717) is 32.8 Å². The Morgan fingerprint density at radius 3 is 2.51 bits per heavy atom. The summed E-state index contributed by atoms with van der Waals surface area (Å²) in [7, 11) is -2.58. The summed E-state index contributed by atoms with van der Waals surface area (Å²) in [5.74, 6) is 4.08. The number of hydrogen-bond acceptors (Lipinski definition) is 6. The van der Waals surface area contributed by atoms with E-state index in [1.165, 1.54) is 30.5 Å². The first-order valence-electron chi connectivity index (χ1n) is 13.1. The predicted octanol–water partition coefficient (Wildman–Crippen LogP) is 6.33. The number of hydrogen-bond donors (Lipinski definition) is 2. The molecule has 37 heavy (non-hydrogen) atoms. The van der Waals surface area contributed by atoms with Crippen LogP contribution in [-0.2, 0) is 17.4 Å². The number of aromatic nitrogens is 2. The van der Waals surface area contributed by atoms with Crippen LogP contribution in [0.1, 0.15) is 24.0 Å². The topological polar surface area (TPSA) is 70.2 Å². The molecule has 9 heteroatoms. The number of nitrogens with zero attached hydrogens (tertiary/aromatic N) is 3. The molecule has 6 nitrogen and oxygen atoms in total. The van der Waals surface area contributed by atoms with Gasteiger partial charge in [0.2, 0.25) is 5.95 Å². The van der Waals surface area contributed by atoms with E-state index in [4.69, 9.17) is 23.2 Å². The monoisotopic (exact) mass is 553 g/mol. The quantitative estimate of drug-likeness (QED) is 0.274. The van der Waals surface area contributed by atoms with Crippen molar-refractivity contribution in [2.75, 3.05) is 30.5 Å². The molecule has 3 aliphatic carbocycles. The van der Waals surface area contributed by atoms with Crippen LogP contribution in [-0.4, -0.2) is 46.8 Å². The number of fused-ring (bicyclic) bond motifs is 2. The van der Waals surface area contributed by atoms with Crippen molar-refractivity contribution in [2.45, 2.75) is 37.8 Å². The zero-order valence-electron chi connectivity index (χ0n) is 20.9. The molecule has 0 spiro atoms. The van der Waals surface area contributed by atoms with Crippen molar-refractivity contribution in [3.05, 3.63) is 63.8 Å². The first-order chi connectivity index (χ1) is 17.8. The van der Waals surface area contributed by atoms with Crippen LogP contribution < -0.4 is 15.9 Å². The third-order valence-corrected chi connectivity index (χ3v) is 10.7. The fraction of sp³-hybridized carbons (Fsp3) is 0.429. The molecule has 2 aromatic carbocycles. The van der Waals surface area contributed by atoms with E-state index in [2.05, 4.69) is 43.7 Å². The Balaban J connectivity index is 1.08. The SMILES string of the molecule is CP(C)(=O)c1cc(Cl)ccc1Nc1nc(Nc2ccc3c(c2)CCC(N2CC4C5C4C52)CC3)ncc1Cl. The van der Waals surface area contributed by atoms with Gasteiger partial charge in [-0.15, -0.1) is 0 Å². The first kappa shape index (κ1) is 24.0. The van der Waals surface area contributed by atoms with E-state index >= 15 is 0 Å². The summed E-state index contributed by atoms with van der Waals surface area (Å²) >= 11 is 12.6. The van der Waals surface area contributed by atoms with Crippen LogP contribution in [0.3, 0.4) is 0 Å². The Morgan fingerprint density at radius 2 is 1.78 bits per heavy atom. The number of rotatable bonds is 6. The highest BCUT2D eigenvalue weighted by molar-refractivity contribution is 7.70. The highest BCUT2D eigenvalue weighted by Crippen LogP contribution is 2.76. The molecule has 3 unspecified atom stereocenters. The first-order valence-corrected chi connectivity index (χ1v) is 16.4. The summed E-state index contributed by atoms with van der Waals surface area (Å²) in [6.45, 7) is 4.78. The fourth-order valence-corrected chi connectivity index (χ4v) is 8.25. The lowest BCUT2D eigenvalue weighted by molar-refractivity contribution is 0.209. The molecular formula is C28H30Cl2N5OP. The molecular weight excluding hydrogens is 524 g/mol. The van der Waals surface area contributed by atoms with Gasteiger partial charge in [0.25, 0.3) is 0 Å². The Hall–Kier alpha value is -2.11. The molecule has 8 rings (SSSR count). The molecule has 3 aromatic rings. The van der Waals surface area contributed by atoms with Gasteiger partial charge in [-0.1, -0.05) is 29.3 Å². The Kier molecular flexibility index (Phi) is 5.64. The summed E-state index contributed by atoms with van der Waals surface area (Å²) in [6, 6.07) is 13.6. The van der Waals surface area contributed by atoms with Crippen LogP contribution in [0, 0.1) is 17.8 Å². The maximum absolute atomic E-state index is 12.8. The molecule has 5 aliphatic rings. The standard InChI is InChI=1S/C28H30Cl2N5OP/c1-37(2,36)23-12-17(29)6-10-22(23)33-27-21(30)13-31-28(34-27)32-18-7-3-15-4-8-19(9-5-16(15)11-18)35-14-20-24-25(20)26(24)35/h3,6-7,10-13,19-20,24-26H,4-5,8-9,14H2,1-2H3,(H2,31,32,33,34). The molecule has 2 aliphatic heterocycles. The van der Waals surface area contributed by atoms with Gasteiger partial charge in [-0.3, -0.25) is 4.90 Å². The third-order valence-electron chi connectivity index (χ3n) is 8.71. The maximum Gasteiger partial charge on any atom is 0.229 e. The van der Waals surface area contributed by atoms with Gasteiger partial charge in [-0.05, 0) is 98.2 Å². The van der Waals surface area contributed by atoms with Crippen LogP contribution in [0.2, 0.25) is 10.0 Å². The van der Waals surface area contributed by atoms with Gasteiger partial charge in [0.1, 0.15) is 12.2 Å². The zero-order chi connectivity index (χ0) is 25.5. The minimum absolute atomic E-state index is 0.378. The molecule has 192 valence electrons. The molecule has 2 N–H and O–H groups in total. The molecule has 3 heterocycles. The predicted molar refractivity (Wildman–Crippen MR) is 152 cm³/mol. The van der Waals surface area contributed by atoms with Crippen LogP contribution >= 0.6 is 30.3 Å². The van der Waals surface area contributed by atoms with Crippen LogP contribution in [0.4, 0.5) is 23.1 Å². The lowest BCUT2D eigenvalue weighted by Gasteiger charge is -2.26. The van der Waals surface area contributed by atoms with Gasteiger partial charge in [0.05, 0.1) is 11.9 Å². The van der Waals surface area contributed by atoms with E-state index in [1.54, 1.807) is 37.7 Å². The van der Waals surface area contributed by atoms with Crippen LogP contribution in [0.15, 0.2) is 42.6 Å². The van der Waals surface area contributed by atoms with Crippen molar-refractivity contribution in [2.24, 2.45) is 17.8 Å². The van der Waals surface area contributed by atoms with Gasteiger partial charge in [0.15, 0.2) is 5.82 Å². The summed E-state index contributed by atoms with van der Waals surface area (Å²) in [6.07, 6.45) is 6.35. The van der Waals surface area contributed by atoms with Gasteiger partial charge in [-0.25, -0.2) is 4.98 Å². The van der Waals surface area contributed by atoms with E-state index in [0.717, 1.165) is 48.4 Å². The Morgan fingerprint density at radius 1 is 1.00 bits per heavy atom. The Labute approximate surface area is 227 Å². The summed E-state index contributed by atoms with van der Waals surface area (Å²) in [5.41, 5.74) is 4.52. The van der Waals surface area contributed by atoms with Crippen molar-refractivity contribution in [1.29, 1.82) is 0 Å². The maximum atomic E-state index is 12.8. The zero-order valence-corrected chi connectivity index (χ0v) is 23.3. The molecule has 3 atom stereocenters. The minimum Gasteiger partial charge on any atom is -0.338 e. The number of anilines is 4. The van der Waals surface area contributed by atoms with Crippen molar-refractivity contribution < 1.29 is 4.57 Å². The molecule has 4 fully saturated rings. The van der Waals surface area contributed by atoms with Crippen molar-refractivity contribution in [3.63, 3.8) is 0 Å². The van der Waals surface area contributed by atoms with Gasteiger partial charge in [0, 0.05) is 34.6 Å². The lowest BCUT2D eigenvalue weighted by Crippen LogP contribution is -2.34. The highest BCUT2D eigenvalue weighted by atomic mass is 35.5. The summed E-state index contributed by atoms with van der Waals surface area (Å²) in [4.78, 5) is 11.9. The second-order valence-electron chi connectivity index (χ2n) is 11.4. The van der Waals surface area contributed by atoms with E-state index in [1.807, 2.05) is 0 Å². The Bertz CT molecular complexity index is 1440.